The molecule has 64 valence electrons. The molecule has 1 atom stereocenters. The third-order valence-corrected chi connectivity index (χ3v) is 2.02. The molecule has 1 unspecified atom stereocenters. The molecule has 11 heavy (non-hydrogen) atoms. The first kappa shape index (κ1) is 8.60. The van der Waals surface area contributed by atoms with E-state index in [1.807, 2.05) is 7.05 Å². The molecule has 0 aromatic rings. The minimum absolute atomic E-state index is 0.400. The molecule has 2 heteroatoms. The SMILES string of the molecule is CNC(C1=CCCO1)C(C)C. The molecule has 0 radical (unpaired) electrons. The normalized spacial score (nSPS) is 19.8. The smallest absolute Gasteiger partial charge is 0.109 e. The van der Waals surface area contributed by atoms with Crippen LogP contribution in [0.25, 0.3) is 0 Å². The van der Waals surface area contributed by atoms with Crippen LogP contribution in [0.1, 0.15) is 20.3 Å². The van der Waals surface area contributed by atoms with Gasteiger partial charge < -0.3 is 10.1 Å². The highest BCUT2D eigenvalue weighted by Gasteiger charge is 2.19. The van der Waals surface area contributed by atoms with Gasteiger partial charge in [-0.1, -0.05) is 13.8 Å². The molecule has 0 bridgehead atoms. The van der Waals surface area contributed by atoms with Crippen molar-refractivity contribution in [3.8, 4) is 0 Å². The van der Waals surface area contributed by atoms with Crippen LogP contribution in [-0.2, 0) is 4.74 Å². The fraction of sp³-hybridized carbons (Fsp3) is 0.778. The predicted octanol–water partition coefficient (Wildman–Crippen LogP) is 1.53. The fourth-order valence-electron chi connectivity index (χ4n) is 1.46. The molecule has 1 aliphatic rings. The quantitative estimate of drug-likeness (QED) is 0.667. The summed E-state index contributed by atoms with van der Waals surface area (Å²) in [7, 11) is 1.98. The van der Waals surface area contributed by atoms with Gasteiger partial charge in [-0.2, -0.15) is 0 Å². The Morgan fingerprint density at radius 1 is 1.55 bits per heavy atom. The van der Waals surface area contributed by atoms with Gasteiger partial charge in [-0.3, -0.25) is 0 Å². The number of rotatable bonds is 3. The summed E-state index contributed by atoms with van der Waals surface area (Å²) in [5.74, 6) is 1.73. The van der Waals surface area contributed by atoms with Crippen LogP contribution in [0.5, 0.6) is 0 Å². The van der Waals surface area contributed by atoms with E-state index in [1.165, 1.54) is 0 Å². The maximum atomic E-state index is 5.47. The monoisotopic (exact) mass is 155 g/mol. The van der Waals surface area contributed by atoms with Crippen molar-refractivity contribution in [1.82, 2.24) is 5.32 Å². The van der Waals surface area contributed by atoms with Crippen molar-refractivity contribution in [1.29, 1.82) is 0 Å². The van der Waals surface area contributed by atoms with Gasteiger partial charge in [0.25, 0.3) is 0 Å². The standard InChI is InChI=1S/C9H17NO/c1-7(2)9(10-3)8-5-4-6-11-8/h5,7,9-10H,4,6H2,1-3H3. The Balaban J connectivity index is 2.53. The Morgan fingerprint density at radius 3 is 2.64 bits per heavy atom. The van der Waals surface area contributed by atoms with Crippen LogP contribution >= 0.6 is 0 Å². The molecule has 1 rings (SSSR count). The lowest BCUT2D eigenvalue weighted by atomic mass is 10.0. The summed E-state index contributed by atoms with van der Waals surface area (Å²) >= 11 is 0. The Kier molecular flexibility index (Phi) is 2.94. The van der Waals surface area contributed by atoms with Crippen LogP contribution in [0.4, 0.5) is 0 Å². The van der Waals surface area contributed by atoms with Crippen LogP contribution in [0.15, 0.2) is 11.8 Å². The average Bonchev–Trinajstić information content (AvgIpc) is 2.40. The summed E-state index contributed by atoms with van der Waals surface area (Å²) < 4.78 is 5.47. The number of ether oxygens (including phenoxy) is 1. The maximum absolute atomic E-state index is 5.47. The minimum Gasteiger partial charge on any atom is -0.496 e. The molecular weight excluding hydrogens is 138 g/mol. The second kappa shape index (κ2) is 3.77. The highest BCUT2D eigenvalue weighted by Crippen LogP contribution is 2.18. The first-order chi connectivity index (χ1) is 5.25. The molecule has 2 nitrogen and oxygen atoms in total. The van der Waals surface area contributed by atoms with Crippen LogP contribution in [0.2, 0.25) is 0 Å². The van der Waals surface area contributed by atoms with E-state index in [4.69, 9.17) is 4.74 Å². The van der Waals surface area contributed by atoms with Crippen LogP contribution < -0.4 is 5.32 Å². The van der Waals surface area contributed by atoms with Crippen molar-refractivity contribution in [2.24, 2.45) is 5.92 Å². The second-order valence-corrected chi connectivity index (χ2v) is 3.25. The third kappa shape index (κ3) is 1.96. The van der Waals surface area contributed by atoms with Gasteiger partial charge in [0.1, 0.15) is 5.76 Å². The van der Waals surface area contributed by atoms with Crippen LogP contribution in [-0.4, -0.2) is 19.7 Å². The molecule has 0 saturated heterocycles. The second-order valence-electron chi connectivity index (χ2n) is 3.25. The van der Waals surface area contributed by atoms with E-state index in [2.05, 4.69) is 25.2 Å². The van der Waals surface area contributed by atoms with E-state index in [-0.39, 0.29) is 0 Å². The average molecular weight is 155 g/mol. The predicted molar refractivity (Wildman–Crippen MR) is 46.3 cm³/mol. The highest BCUT2D eigenvalue weighted by atomic mass is 16.5. The number of hydrogen-bond acceptors (Lipinski definition) is 2. The first-order valence-corrected chi connectivity index (χ1v) is 4.26. The van der Waals surface area contributed by atoms with E-state index >= 15 is 0 Å². The van der Waals surface area contributed by atoms with Gasteiger partial charge in [0, 0.05) is 6.42 Å². The van der Waals surface area contributed by atoms with Gasteiger partial charge in [-0.15, -0.1) is 0 Å². The van der Waals surface area contributed by atoms with E-state index in [9.17, 15) is 0 Å². The molecule has 0 spiro atoms. The van der Waals surface area contributed by atoms with Crippen molar-refractivity contribution in [3.05, 3.63) is 11.8 Å². The van der Waals surface area contributed by atoms with Crippen molar-refractivity contribution < 1.29 is 4.74 Å². The van der Waals surface area contributed by atoms with Gasteiger partial charge in [-0.05, 0) is 19.0 Å². The van der Waals surface area contributed by atoms with Crippen molar-refractivity contribution >= 4 is 0 Å². The summed E-state index contributed by atoms with van der Waals surface area (Å²) in [5, 5.41) is 3.25. The molecule has 0 aromatic carbocycles. The Morgan fingerprint density at radius 2 is 2.27 bits per heavy atom. The highest BCUT2D eigenvalue weighted by molar-refractivity contribution is 5.07. The molecule has 0 amide bonds. The van der Waals surface area contributed by atoms with Gasteiger partial charge in [-0.25, -0.2) is 0 Å². The Hall–Kier alpha value is -0.500. The van der Waals surface area contributed by atoms with Gasteiger partial charge in [0.05, 0.1) is 12.6 Å². The zero-order valence-electron chi connectivity index (χ0n) is 7.55. The van der Waals surface area contributed by atoms with Crippen molar-refractivity contribution in [3.63, 3.8) is 0 Å². The van der Waals surface area contributed by atoms with Gasteiger partial charge in [0.2, 0.25) is 0 Å². The Labute approximate surface area is 68.6 Å². The van der Waals surface area contributed by atoms with E-state index in [0.717, 1.165) is 18.8 Å². The molecule has 0 fully saturated rings. The molecule has 0 saturated carbocycles. The molecular formula is C9H17NO. The lowest BCUT2D eigenvalue weighted by molar-refractivity contribution is 0.203. The van der Waals surface area contributed by atoms with Crippen LogP contribution in [0, 0.1) is 5.92 Å². The lowest BCUT2D eigenvalue weighted by Crippen LogP contribution is -2.32. The minimum atomic E-state index is 0.400. The van der Waals surface area contributed by atoms with Crippen molar-refractivity contribution in [2.45, 2.75) is 26.3 Å². The molecule has 1 N–H and O–H groups in total. The number of nitrogens with one attached hydrogen (secondary N) is 1. The molecule has 1 aliphatic heterocycles. The Bertz CT molecular complexity index is 152. The third-order valence-electron chi connectivity index (χ3n) is 2.02. The molecule has 0 aliphatic carbocycles. The van der Waals surface area contributed by atoms with E-state index in [0.29, 0.717) is 12.0 Å². The largest absolute Gasteiger partial charge is 0.496 e. The fourth-order valence-corrected chi connectivity index (χ4v) is 1.46. The summed E-state index contributed by atoms with van der Waals surface area (Å²) in [6, 6.07) is 0.400. The summed E-state index contributed by atoms with van der Waals surface area (Å²) in [6.07, 6.45) is 3.25. The zero-order chi connectivity index (χ0) is 8.27. The van der Waals surface area contributed by atoms with E-state index in [1.54, 1.807) is 0 Å². The molecule has 0 aromatic heterocycles. The van der Waals surface area contributed by atoms with Gasteiger partial charge in [0.15, 0.2) is 0 Å². The van der Waals surface area contributed by atoms with Crippen molar-refractivity contribution in [2.75, 3.05) is 13.7 Å². The summed E-state index contributed by atoms with van der Waals surface area (Å²) in [6.45, 7) is 5.26. The number of likely N-dealkylation sites (N-methyl/N-ethyl adjacent to an activating group) is 1. The summed E-state index contributed by atoms with van der Waals surface area (Å²) in [4.78, 5) is 0. The first-order valence-electron chi connectivity index (χ1n) is 4.26. The summed E-state index contributed by atoms with van der Waals surface area (Å²) in [5.41, 5.74) is 0. The zero-order valence-corrected chi connectivity index (χ0v) is 7.55. The lowest BCUT2D eigenvalue weighted by Gasteiger charge is -2.20. The number of hydrogen-bond donors (Lipinski definition) is 1. The topological polar surface area (TPSA) is 21.3 Å². The van der Waals surface area contributed by atoms with E-state index < -0.39 is 0 Å². The van der Waals surface area contributed by atoms with Gasteiger partial charge >= 0.3 is 0 Å². The maximum Gasteiger partial charge on any atom is 0.109 e. The molecule has 1 heterocycles. The van der Waals surface area contributed by atoms with Crippen LogP contribution in [0.3, 0.4) is 0 Å².